The number of carbonyl (C=O) groups excluding carboxylic acids is 1. The molecule has 0 radical (unpaired) electrons. The van der Waals surface area contributed by atoms with Crippen LogP contribution < -0.4 is 16.6 Å². The number of carbonyl (C=O) groups is 3. The number of alkyl halides is 3. The van der Waals surface area contributed by atoms with Gasteiger partial charge in [0.15, 0.2) is 0 Å². The summed E-state index contributed by atoms with van der Waals surface area (Å²) in [6.07, 6.45) is -0.977. The van der Waals surface area contributed by atoms with E-state index in [1.807, 2.05) is 5.43 Å². The summed E-state index contributed by atoms with van der Waals surface area (Å²) in [5.41, 5.74) is 1.12. The minimum atomic E-state index is -5.08. The van der Waals surface area contributed by atoms with Crippen LogP contribution in [0.15, 0.2) is 0 Å². The van der Waals surface area contributed by atoms with Gasteiger partial charge in [0.1, 0.15) is 0 Å². The molecule has 128 valence electrons. The summed E-state index contributed by atoms with van der Waals surface area (Å²) < 4.78 is 31.7. The monoisotopic (exact) mass is 329 g/mol. The molecule has 1 saturated carbocycles. The van der Waals surface area contributed by atoms with E-state index in [0.717, 1.165) is 19.3 Å². The fourth-order valence-corrected chi connectivity index (χ4v) is 2.00. The minimum absolute atomic E-state index is 0.144. The lowest BCUT2D eigenvalue weighted by atomic mass is 9.74. The maximum absolute atomic E-state index is 11.2. The SMILES string of the molecule is NNC(=O)NCC1(C(=O)O)CCCCC1.O=C(O)C(F)(F)F. The molecular formula is C11H18F3N3O5. The van der Waals surface area contributed by atoms with E-state index in [0.29, 0.717) is 12.8 Å². The number of carboxylic acids is 2. The number of hydrogen-bond acceptors (Lipinski definition) is 4. The Morgan fingerprint density at radius 3 is 1.86 bits per heavy atom. The van der Waals surface area contributed by atoms with Gasteiger partial charge in [-0.1, -0.05) is 19.3 Å². The van der Waals surface area contributed by atoms with Gasteiger partial charge < -0.3 is 15.5 Å². The number of amides is 2. The third-order valence-corrected chi connectivity index (χ3v) is 3.23. The number of rotatable bonds is 3. The topological polar surface area (TPSA) is 142 Å². The van der Waals surface area contributed by atoms with Crippen LogP contribution in [0.25, 0.3) is 0 Å². The summed E-state index contributed by atoms with van der Waals surface area (Å²) in [5, 5.41) is 18.8. The van der Waals surface area contributed by atoms with Gasteiger partial charge in [-0.3, -0.25) is 10.2 Å². The van der Waals surface area contributed by atoms with Gasteiger partial charge >= 0.3 is 24.1 Å². The van der Waals surface area contributed by atoms with Crippen LogP contribution in [-0.4, -0.2) is 40.9 Å². The van der Waals surface area contributed by atoms with Crippen LogP contribution in [0.5, 0.6) is 0 Å². The third kappa shape index (κ3) is 6.61. The quantitative estimate of drug-likeness (QED) is 0.295. The minimum Gasteiger partial charge on any atom is -0.481 e. The van der Waals surface area contributed by atoms with Crippen molar-refractivity contribution in [2.24, 2.45) is 11.3 Å². The van der Waals surface area contributed by atoms with E-state index in [1.54, 1.807) is 0 Å². The first-order chi connectivity index (χ1) is 10.0. The second-order valence-corrected chi connectivity index (χ2v) is 4.78. The van der Waals surface area contributed by atoms with Crippen molar-refractivity contribution in [3.63, 3.8) is 0 Å². The second kappa shape index (κ2) is 8.41. The maximum atomic E-state index is 11.2. The van der Waals surface area contributed by atoms with Crippen LogP contribution in [0.2, 0.25) is 0 Å². The molecule has 22 heavy (non-hydrogen) atoms. The Labute approximate surface area is 123 Å². The van der Waals surface area contributed by atoms with Crippen LogP contribution in [0.3, 0.4) is 0 Å². The zero-order valence-corrected chi connectivity index (χ0v) is 11.6. The largest absolute Gasteiger partial charge is 0.490 e. The standard InChI is InChI=1S/C9H17N3O3.C2HF3O2/c10-12-8(15)11-6-9(7(13)14)4-2-1-3-5-9;3-2(4,5)1(6)7/h1-6,10H2,(H,13,14)(H2,11,12,15);(H,6,7). The van der Waals surface area contributed by atoms with Gasteiger partial charge in [0.25, 0.3) is 0 Å². The number of urea groups is 1. The van der Waals surface area contributed by atoms with Gasteiger partial charge in [0.2, 0.25) is 0 Å². The molecule has 0 bridgehead atoms. The summed E-state index contributed by atoms with van der Waals surface area (Å²) in [4.78, 5) is 30.9. The number of aliphatic carboxylic acids is 2. The predicted octanol–water partition coefficient (Wildman–Crippen LogP) is 0.828. The molecule has 8 nitrogen and oxygen atoms in total. The smallest absolute Gasteiger partial charge is 0.481 e. The van der Waals surface area contributed by atoms with Gasteiger partial charge in [-0.05, 0) is 12.8 Å². The van der Waals surface area contributed by atoms with Crippen LogP contribution >= 0.6 is 0 Å². The van der Waals surface area contributed by atoms with E-state index in [1.165, 1.54) is 0 Å². The number of hydrazine groups is 1. The molecule has 0 aromatic carbocycles. The molecule has 1 aliphatic carbocycles. The highest BCUT2D eigenvalue weighted by atomic mass is 19.4. The summed E-state index contributed by atoms with van der Waals surface area (Å²) in [5.74, 6) is 1.31. The number of halogens is 3. The van der Waals surface area contributed by atoms with Crippen LogP contribution in [0.4, 0.5) is 18.0 Å². The summed E-state index contributed by atoms with van der Waals surface area (Å²) >= 11 is 0. The maximum Gasteiger partial charge on any atom is 0.490 e. The highest BCUT2D eigenvalue weighted by Crippen LogP contribution is 2.35. The van der Waals surface area contributed by atoms with Crippen molar-refractivity contribution in [1.82, 2.24) is 10.7 Å². The average molecular weight is 329 g/mol. The molecule has 0 atom stereocenters. The molecule has 0 heterocycles. The summed E-state index contributed by atoms with van der Waals surface area (Å²) in [6, 6.07) is -0.541. The normalized spacial score (nSPS) is 16.7. The fourth-order valence-electron chi connectivity index (χ4n) is 2.00. The molecule has 2 amide bonds. The van der Waals surface area contributed by atoms with E-state index < -0.39 is 29.6 Å². The van der Waals surface area contributed by atoms with Gasteiger partial charge in [-0.2, -0.15) is 13.2 Å². The average Bonchev–Trinajstić information content (AvgIpc) is 2.45. The lowest BCUT2D eigenvalue weighted by Crippen LogP contribution is -2.48. The molecule has 0 spiro atoms. The summed E-state index contributed by atoms with van der Waals surface area (Å²) in [6.45, 7) is 0.144. The summed E-state index contributed by atoms with van der Waals surface area (Å²) in [7, 11) is 0. The molecule has 1 aliphatic rings. The molecule has 11 heteroatoms. The van der Waals surface area contributed by atoms with E-state index in [2.05, 4.69) is 5.32 Å². The van der Waals surface area contributed by atoms with Crippen molar-refractivity contribution < 1.29 is 37.8 Å². The van der Waals surface area contributed by atoms with Crippen LogP contribution in [0.1, 0.15) is 32.1 Å². The Morgan fingerprint density at radius 1 is 1.09 bits per heavy atom. The molecule has 0 unspecified atom stereocenters. The van der Waals surface area contributed by atoms with Crippen LogP contribution in [-0.2, 0) is 9.59 Å². The Hall–Kier alpha value is -2.04. The van der Waals surface area contributed by atoms with Crippen molar-refractivity contribution in [1.29, 1.82) is 0 Å². The highest BCUT2D eigenvalue weighted by Gasteiger charge is 2.39. The zero-order chi connectivity index (χ0) is 17.4. The van der Waals surface area contributed by atoms with Crippen molar-refractivity contribution in [2.75, 3.05) is 6.54 Å². The van der Waals surface area contributed by atoms with Crippen molar-refractivity contribution in [3.8, 4) is 0 Å². The second-order valence-electron chi connectivity index (χ2n) is 4.78. The first-order valence-corrected chi connectivity index (χ1v) is 6.33. The van der Waals surface area contributed by atoms with E-state index >= 15 is 0 Å². The first kappa shape index (κ1) is 20.0. The zero-order valence-electron chi connectivity index (χ0n) is 11.6. The van der Waals surface area contributed by atoms with E-state index in [-0.39, 0.29) is 6.54 Å². The Kier molecular flexibility index (Phi) is 7.63. The van der Waals surface area contributed by atoms with Gasteiger partial charge in [0, 0.05) is 6.54 Å². The third-order valence-electron chi connectivity index (χ3n) is 3.23. The van der Waals surface area contributed by atoms with Crippen molar-refractivity contribution in [3.05, 3.63) is 0 Å². The molecule has 0 aromatic rings. The Morgan fingerprint density at radius 2 is 1.55 bits per heavy atom. The lowest BCUT2D eigenvalue weighted by molar-refractivity contribution is -0.192. The predicted molar refractivity (Wildman–Crippen MR) is 67.6 cm³/mol. The highest BCUT2D eigenvalue weighted by molar-refractivity contribution is 5.77. The molecule has 0 aliphatic heterocycles. The van der Waals surface area contributed by atoms with Gasteiger partial charge in [-0.15, -0.1) is 0 Å². The molecule has 0 saturated heterocycles. The van der Waals surface area contributed by atoms with Crippen molar-refractivity contribution >= 4 is 18.0 Å². The molecular weight excluding hydrogens is 311 g/mol. The number of carboxylic acid groups (broad SMARTS) is 2. The van der Waals surface area contributed by atoms with Crippen molar-refractivity contribution in [2.45, 2.75) is 38.3 Å². The van der Waals surface area contributed by atoms with E-state index in [4.69, 9.17) is 15.7 Å². The number of nitrogens with two attached hydrogens (primary N) is 1. The van der Waals surface area contributed by atoms with E-state index in [9.17, 15) is 27.9 Å². The molecule has 6 N–H and O–H groups in total. The molecule has 0 aromatic heterocycles. The molecule has 1 rings (SSSR count). The first-order valence-electron chi connectivity index (χ1n) is 6.33. The van der Waals surface area contributed by atoms with Crippen LogP contribution in [0, 0.1) is 5.41 Å². The fraction of sp³-hybridized carbons (Fsp3) is 0.727. The lowest BCUT2D eigenvalue weighted by Gasteiger charge is -2.33. The number of nitrogens with one attached hydrogen (secondary N) is 2. The molecule has 1 fully saturated rings. The number of hydrogen-bond donors (Lipinski definition) is 5. The Balaban J connectivity index is 0.000000534. The Bertz CT molecular complexity index is 408. The van der Waals surface area contributed by atoms with Gasteiger partial charge in [0.05, 0.1) is 5.41 Å². The van der Waals surface area contributed by atoms with Gasteiger partial charge in [-0.25, -0.2) is 15.4 Å².